The van der Waals surface area contributed by atoms with Crippen molar-refractivity contribution in [3.05, 3.63) is 123 Å². The van der Waals surface area contributed by atoms with E-state index < -0.39 is 0 Å². The molecule has 278 valence electrons. The van der Waals surface area contributed by atoms with Crippen molar-refractivity contribution in [3.63, 3.8) is 0 Å². The Bertz CT molecular complexity index is 2580. The second kappa shape index (κ2) is 12.6. The van der Waals surface area contributed by atoms with Gasteiger partial charge in [-0.25, -0.2) is 4.85 Å². The number of rotatable bonds is 2. The molecule has 0 aliphatic heterocycles. The SMILES string of the molecule is [C-]#[N+]c1c(C#N)c(-n2c3ccc(C(C)(C)C)cc3c3cc(C(C)(C)C)ccc32)c(C#N)c(C#N)c1-n1c2ccc(C(C)(C)C)cc2c2cc(C(C)(C)C)ccc21. The average molecular weight is 733 g/mol. The highest BCUT2D eigenvalue weighted by atomic mass is 15.0. The monoisotopic (exact) mass is 732 g/mol. The van der Waals surface area contributed by atoms with Gasteiger partial charge >= 0.3 is 0 Å². The van der Waals surface area contributed by atoms with Gasteiger partial charge in [0, 0.05) is 21.5 Å². The van der Waals surface area contributed by atoms with Crippen LogP contribution in [0.15, 0.2) is 72.8 Å². The maximum Gasteiger partial charge on any atom is 0.231 e. The highest BCUT2D eigenvalue weighted by Crippen LogP contribution is 2.47. The van der Waals surface area contributed by atoms with Crippen LogP contribution in [0.25, 0.3) is 59.8 Å². The Hall–Kier alpha value is -6.34. The van der Waals surface area contributed by atoms with Crippen molar-refractivity contribution in [1.29, 1.82) is 15.8 Å². The van der Waals surface area contributed by atoms with Crippen molar-refractivity contribution in [3.8, 4) is 29.6 Å². The Morgan fingerprint density at radius 3 is 0.946 bits per heavy atom. The number of hydrogen-bond acceptors (Lipinski definition) is 3. The minimum Gasteiger partial charge on any atom is -0.318 e. The highest BCUT2D eigenvalue weighted by Gasteiger charge is 2.32. The molecule has 7 aromatic rings. The number of fused-ring (bicyclic) bond motifs is 6. The summed E-state index contributed by atoms with van der Waals surface area (Å²) in [6, 6.07) is 32.4. The van der Waals surface area contributed by atoms with Gasteiger partial charge in [-0.1, -0.05) is 107 Å². The largest absolute Gasteiger partial charge is 0.318 e. The Morgan fingerprint density at radius 2 is 0.696 bits per heavy atom. The summed E-state index contributed by atoms with van der Waals surface area (Å²) in [4.78, 5) is 4.06. The Morgan fingerprint density at radius 1 is 0.429 bits per heavy atom. The first-order valence-electron chi connectivity index (χ1n) is 19.2. The molecule has 2 heterocycles. The van der Waals surface area contributed by atoms with Gasteiger partial charge in [-0.3, -0.25) is 0 Å². The van der Waals surface area contributed by atoms with Gasteiger partial charge in [0.2, 0.25) is 5.69 Å². The molecule has 0 fully saturated rings. The van der Waals surface area contributed by atoms with E-state index in [1.165, 1.54) is 0 Å². The Kier molecular flexibility index (Phi) is 8.54. The van der Waals surface area contributed by atoms with Crippen LogP contribution in [0.3, 0.4) is 0 Å². The van der Waals surface area contributed by atoms with E-state index in [0.29, 0.717) is 0 Å². The summed E-state index contributed by atoms with van der Waals surface area (Å²) in [5.41, 5.74) is 7.95. The van der Waals surface area contributed by atoms with Crippen molar-refractivity contribution in [2.75, 3.05) is 0 Å². The molecular formula is C50H48N6. The molecule has 0 unspecified atom stereocenters. The third-order valence-electron chi connectivity index (χ3n) is 11.3. The van der Waals surface area contributed by atoms with Crippen LogP contribution in [0.4, 0.5) is 5.69 Å². The second-order valence-electron chi connectivity index (χ2n) is 19.2. The van der Waals surface area contributed by atoms with E-state index in [0.717, 1.165) is 65.9 Å². The van der Waals surface area contributed by atoms with Crippen molar-refractivity contribution >= 4 is 49.3 Å². The third kappa shape index (κ3) is 5.81. The maximum absolute atomic E-state index is 11.2. The molecule has 0 saturated heterocycles. The van der Waals surface area contributed by atoms with Gasteiger partial charge in [-0.2, -0.15) is 15.8 Å². The molecule has 0 atom stereocenters. The van der Waals surface area contributed by atoms with Gasteiger partial charge in [0.05, 0.1) is 62.8 Å². The normalized spacial score (nSPS) is 12.6. The number of nitriles is 3. The predicted molar refractivity (Wildman–Crippen MR) is 230 cm³/mol. The molecule has 5 aromatic carbocycles. The van der Waals surface area contributed by atoms with Gasteiger partial charge in [0.25, 0.3) is 0 Å². The standard InChI is InChI=1S/C50H48N6/c1-47(2,3)29-14-18-40-33(22-29)34-23-30(48(4,5)6)15-19-41(34)55(40)45-37(26-51)38(27-52)46(44(54-13)39(45)28-53)56-42-20-16-31(49(7,8)9)24-35(42)36-25-32(50(10,11)12)17-21-43(36)56/h14-25H,1-12H3. The number of benzene rings is 5. The van der Waals surface area contributed by atoms with Crippen LogP contribution in [0, 0.1) is 40.6 Å². The second-order valence-corrected chi connectivity index (χ2v) is 19.2. The lowest BCUT2D eigenvalue weighted by Gasteiger charge is -2.22. The minimum absolute atomic E-state index is 0.0317. The lowest BCUT2D eigenvalue weighted by molar-refractivity contribution is 0.590. The van der Waals surface area contributed by atoms with Crippen LogP contribution < -0.4 is 0 Å². The fourth-order valence-corrected chi connectivity index (χ4v) is 7.98. The molecule has 0 aliphatic rings. The summed E-state index contributed by atoms with van der Waals surface area (Å²) in [5, 5.41) is 37.4. The zero-order valence-corrected chi connectivity index (χ0v) is 34.6. The summed E-state index contributed by atoms with van der Waals surface area (Å²) in [6.07, 6.45) is 0. The predicted octanol–water partition coefficient (Wildman–Crippen LogP) is 13.2. The minimum atomic E-state index is -0.129. The van der Waals surface area contributed by atoms with Gasteiger partial charge in [0.1, 0.15) is 12.1 Å². The maximum atomic E-state index is 11.2. The Balaban J connectivity index is 1.68. The van der Waals surface area contributed by atoms with E-state index in [-0.39, 0.29) is 55.4 Å². The Labute approximate surface area is 330 Å². The van der Waals surface area contributed by atoms with Crippen LogP contribution in [0.2, 0.25) is 0 Å². The van der Waals surface area contributed by atoms with Crippen molar-refractivity contribution in [1.82, 2.24) is 9.13 Å². The summed E-state index contributed by atoms with van der Waals surface area (Å²) in [7, 11) is 0. The molecule has 7 rings (SSSR count). The highest BCUT2D eigenvalue weighted by molar-refractivity contribution is 6.12. The first-order chi connectivity index (χ1) is 26.1. The molecule has 6 nitrogen and oxygen atoms in total. The summed E-state index contributed by atoms with van der Waals surface area (Å²) >= 11 is 0. The zero-order chi connectivity index (χ0) is 40.9. The van der Waals surface area contributed by atoms with E-state index in [1.807, 2.05) is 33.4 Å². The van der Waals surface area contributed by atoms with Crippen LogP contribution in [-0.4, -0.2) is 9.13 Å². The smallest absolute Gasteiger partial charge is 0.231 e. The molecule has 0 spiro atoms. The van der Waals surface area contributed by atoms with E-state index in [2.05, 4.69) is 155 Å². The summed E-state index contributed by atoms with van der Waals surface area (Å²) in [5.74, 6) is 0. The van der Waals surface area contributed by atoms with Gasteiger partial charge < -0.3 is 9.13 Å². The molecule has 0 aliphatic carbocycles. The first-order valence-corrected chi connectivity index (χ1v) is 19.2. The molecule has 0 saturated carbocycles. The van der Waals surface area contributed by atoms with Crippen LogP contribution in [-0.2, 0) is 21.7 Å². The lowest BCUT2D eigenvalue weighted by Crippen LogP contribution is -2.11. The fourth-order valence-electron chi connectivity index (χ4n) is 7.98. The lowest BCUT2D eigenvalue weighted by atomic mass is 9.85. The quantitative estimate of drug-likeness (QED) is 0.166. The molecule has 0 N–H and O–H groups in total. The average Bonchev–Trinajstić information content (AvgIpc) is 3.63. The van der Waals surface area contributed by atoms with Gasteiger partial charge in [-0.05, 0) is 92.4 Å². The molecule has 56 heavy (non-hydrogen) atoms. The first kappa shape index (κ1) is 38.0. The molecule has 0 amide bonds. The van der Waals surface area contributed by atoms with Gasteiger partial charge in [-0.15, -0.1) is 0 Å². The molecule has 0 radical (unpaired) electrons. The summed E-state index contributed by atoms with van der Waals surface area (Å²) < 4.78 is 3.86. The molecule has 0 bridgehead atoms. The molecule has 2 aromatic heterocycles. The van der Waals surface area contributed by atoms with Crippen molar-refractivity contribution in [2.45, 2.75) is 105 Å². The zero-order valence-electron chi connectivity index (χ0n) is 34.6. The number of aromatic nitrogens is 2. The third-order valence-corrected chi connectivity index (χ3v) is 11.3. The van der Waals surface area contributed by atoms with E-state index in [9.17, 15) is 15.8 Å². The van der Waals surface area contributed by atoms with Crippen molar-refractivity contribution < 1.29 is 0 Å². The molecule has 6 heteroatoms. The van der Waals surface area contributed by atoms with E-state index >= 15 is 0 Å². The van der Waals surface area contributed by atoms with Crippen molar-refractivity contribution in [2.24, 2.45) is 0 Å². The topological polar surface area (TPSA) is 85.6 Å². The number of nitrogens with zero attached hydrogens (tertiary/aromatic N) is 6. The van der Waals surface area contributed by atoms with Crippen LogP contribution in [0.1, 0.15) is 122 Å². The van der Waals surface area contributed by atoms with E-state index in [4.69, 9.17) is 6.57 Å². The van der Waals surface area contributed by atoms with E-state index in [1.54, 1.807) is 0 Å². The summed E-state index contributed by atoms with van der Waals surface area (Å²) in [6.45, 7) is 34.8. The fraction of sp³-hybridized carbons (Fsp3) is 0.320. The van der Waals surface area contributed by atoms with Crippen LogP contribution >= 0.6 is 0 Å². The van der Waals surface area contributed by atoms with Crippen LogP contribution in [0.5, 0.6) is 0 Å². The molecular weight excluding hydrogens is 685 g/mol. The van der Waals surface area contributed by atoms with Gasteiger partial charge in [0.15, 0.2) is 0 Å². The number of hydrogen-bond donors (Lipinski definition) is 0.